The van der Waals surface area contributed by atoms with Crippen LogP contribution >= 0.6 is 0 Å². The maximum atomic E-state index is 11.8. The number of carbonyl (C=O) groups is 1. The summed E-state index contributed by atoms with van der Waals surface area (Å²) in [7, 11) is 0. The molecule has 0 spiro atoms. The van der Waals surface area contributed by atoms with E-state index in [-0.39, 0.29) is 5.78 Å². The molecule has 22 heavy (non-hydrogen) atoms. The van der Waals surface area contributed by atoms with Gasteiger partial charge >= 0.3 is 0 Å². The molecule has 2 aromatic heterocycles. The predicted molar refractivity (Wildman–Crippen MR) is 88.2 cm³/mol. The lowest BCUT2D eigenvalue weighted by molar-refractivity contribution is 0.0982. The van der Waals surface area contributed by atoms with Gasteiger partial charge in [-0.15, -0.1) is 0 Å². The minimum absolute atomic E-state index is 0.203. The highest BCUT2D eigenvalue weighted by atomic mass is 16.1. The third-order valence-corrected chi connectivity index (χ3v) is 3.57. The molecule has 4 nitrogen and oxygen atoms in total. The minimum atomic E-state index is 0.203. The standard InChI is InChI=1S/C18H19N3O/c1-2-5-17(22)14-7-9-15(10-8-14)19-12-16-13-21-11-4-3-6-18(21)20-16/h3-4,6-11,13,19H,2,5,12H2,1H3. The largest absolute Gasteiger partial charge is 0.379 e. The van der Waals surface area contributed by atoms with Crippen molar-refractivity contribution in [1.82, 2.24) is 9.38 Å². The molecule has 0 aliphatic heterocycles. The van der Waals surface area contributed by atoms with Gasteiger partial charge in [-0.05, 0) is 42.8 Å². The van der Waals surface area contributed by atoms with Gasteiger partial charge in [0.05, 0.1) is 12.2 Å². The Labute approximate surface area is 129 Å². The van der Waals surface area contributed by atoms with Crippen molar-refractivity contribution in [2.24, 2.45) is 0 Å². The zero-order valence-electron chi connectivity index (χ0n) is 12.6. The molecule has 0 saturated heterocycles. The van der Waals surface area contributed by atoms with Gasteiger partial charge in [-0.3, -0.25) is 4.79 Å². The molecule has 3 rings (SSSR count). The lowest BCUT2D eigenvalue weighted by atomic mass is 10.1. The number of fused-ring (bicyclic) bond motifs is 1. The summed E-state index contributed by atoms with van der Waals surface area (Å²) < 4.78 is 2.00. The zero-order chi connectivity index (χ0) is 15.4. The van der Waals surface area contributed by atoms with Crippen molar-refractivity contribution in [2.75, 3.05) is 5.32 Å². The van der Waals surface area contributed by atoms with Crippen LogP contribution in [-0.4, -0.2) is 15.2 Å². The molecule has 0 bridgehead atoms. The maximum Gasteiger partial charge on any atom is 0.162 e. The number of imidazole rings is 1. The molecule has 0 atom stereocenters. The van der Waals surface area contributed by atoms with Crippen LogP contribution in [-0.2, 0) is 6.54 Å². The Morgan fingerprint density at radius 1 is 1.18 bits per heavy atom. The number of ketones is 1. The van der Waals surface area contributed by atoms with Crippen molar-refractivity contribution in [2.45, 2.75) is 26.3 Å². The zero-order valence-corrected chi connectivity index (χ0v) is 12.6. The second-order valence-electron chi connectivity index (χ2n) is 5.30. The van der Waals surface area contributed by atoms with Crippen LogP contribution in [0.2, 0.25) is 0 Å². The third kappa shape index (κ3) is 3.17. The normalized spacial score (nSPS) is 10.8. The molecular formula is C18H19N3O. The highest BCUT2D eigenvalue weighted by Crippen LogP contribution is 2.13. The van der Waals surface area contributed by atoms with Crippen molar-refractivity contribution in [3.8, 4) is 0 Å². The summed E-state index contributed by atoms with van der Waals surface area (Å²) in [5.74, 6) is 0.203. The van der Waals surface area contributed by atoms with Crippen LogP contribution in [0.5, 0.6) is 0 Å². The summed E-state index contributed by atoms with van der Waals surface area (Å²) in [4.78, 5) is 16.3. The number of anilines is 1. The van der Waals surface area contributed by atoms with E-state index in [9.17, 15) is 4.79 Å². The number of rotatable bonds is 6. The van der Waals surface area contributed by atoms with Crippen LogP contribution < -0.4 is 5.32 Å². The fraction of sp³-hybridized carbons (Fsp3) is 0.222. The summed E-state index contributed by atoms with van der Waals surface area (Å²) in [5.41, 5.74) is 3.70. The van der Waals surface area contributed by atoms with Gasteiger partial charge in [0.25, 0.3) is 0 Å². The molecule has 0 saturated carbocycles. The van der Waals surface area contributed by atoms with E-state index in [1.54, 1.807) is 0 Å². The van der Waals surface area contributed by atoms with Crippen LogP contribution in [0.4, 0.5) is 5.69 Å². The number of pyridine rings is 1. The van der Waals surface area contributed by atoms with Crippen LogP contribution in [0.15, 0.2) is 54.9 Å². The second kappa shape index (κ2) is 6.43. The van der Waals surface area contributed by atoms with Crippen molar-refractivity contribution in [3.05, 3.63) is 66.1 Å². The smallest absolute Gasteiger partial charge is 0.162 e. The number of Topliss-reactive ketones (excluding diaryl/α,β-unsaturated/α-hetero) is 1. The van der Waals surface area contributed by atoms with Gasteiger partial charge in [0.1, 0.15) is 5.65 Å². The van der Waals surface area contributed by atoms with Crippen molar-refractivity contribution >= 4 is 17.1 Å². The maximum absolute atomic E-state index is 11.8. The van der Waals surface area contributed by atoms with Crippen molar-refractivity contribution in [3.63, 3.8) is 0 Å². The average molecular weight is 293 g/mol. The van der Waals surface area contributed by atoms with Gasteiger partial charge in [0.2, 0.25) is 0 Å². The molecule has 0 radical (unpaired) electrons. The van der Waals surface area contributed by atoms with Crippen LogP contribution in [0.1, 0.15) is 35.8 Å². The van der Waals surface area contributed by atoms with E-state index >= 15 is 0 Å². The second-order valence-corrected chi connectivity index (χ2v) is 5.30. The highest BCUT2D eigenvalue weighted by molar-refractivity contribution is 5.96. The molecule has 0 fully saturated rings. The Morgan fingerprint density at radius 2 is 2.00 bits per heavy atom. The highest BCUT2D eigenvalue weighted by Gasteiger charge is 2.04. The molecule has 3 aromatic rings. The van der Waals surface area contributed by atoms with E-state index in [0.29, 0.717) is 13.0 Å². The molecule has 1 N–H and O–H groups in total. The van der Waals surface area contributed by atoms with E-state index in [1.807, 2.05) is 66.2 Å². The monoisotopic (exact) mass is 293 g/mol. The molecule has 2 heterocycles. The Kier molecular flexibility index (Phi) is 4.19. The number of hydrogen-bond donors (Lipinski definition) is 1. The van der Waals surface area contributed by atoms with Gasteiger partial charge in [-0.25, -0.2) is 4.98 Å². The summed E-state index contributed by atoms with van der Waals surface area (Å²) in [6.45, 7) is 2.67. The Hall–Kier alpha value is -2.62. The fourth-order valence-corrected chi connectivity index (χ4v) is 2.41. The van der Waals surface area contributed by atoms with Crippen LogP contribution in [0, 0.1) is 0 Å². The first kappa shape index (κ1) is 14.3. The predicted octanol–water partition coefficient (Wildman–Crippen LogP) is 3.93. The molecule has 0 unspecified atom stereocenters. The van der Waals surface area contributed by atoms with E-state index in [4.69, 9.17) is 0 Å². The Morgan fingerprint density at radius 3 is 2.73 bits per heavy atom. The Bertz CT molecular complexity index is 741. The average Bonchev–Trinajstić information content (AvgIpc) is 2.96. The molecular weight excluding hydrogens is 274 g/mol. The summed E-state index contributed by atoms with van der Waals surface area (Å²) in [6, 6.07) is 13.6. The minimum Gasteiger partial charge on any atom is -0.379 e. The van der Waals surface area contributed by atoms with Gasteiger partial charge in [0, 0.05) is 30.1 Å². The van der Waals surface area contributed by atoms with E-state index < -0.39 is 0 Å². The molecule has 0 amide bonds. The number of benzene rings is 1. The molecule has 1 aromatic carbocycles. The van der Waals surface area contributed by atoms with Gasteiger partial charge in [0.15, 0.2) is 5.78 Å². The lowest BCUT2D eigenvalue weighted by Gasteiger charge is -2.05. The van der Waals surface area contributed by atoms with Crippen molar-refractivity contribution < 1.29 is 4.79 Å². The third-order valence-electron chi connectivity index (χ3n) is 3.57. The SMILES string of the molecule is CCCC(=O)c1ccc(NCc2cn3ccccc3n2)cc1. The number of nitrogens with one attached hydrogen (secondary N) is 1. The molecule has 0 aliphatic rings. The number of carbonyl (C=O) groups excluding carboxylic acids is 1. The Balaban J connectivity index is 1.64. The summed E-state index contributed by atoms with van der Waals surface area (Å²) in [6.07, 6.45) is 5.49. The lowest BCUT2D eigenvalue weighted by Crippen LogP contribution is -2.01. The number of aromatic nitrogens is 2. The van der Waals surface area contributed by atoms with Crippen molar-refractivity contribution in [1.29, 1.82) is 0 Å². The number of nitrogens with zero attached hydrogens (tertiary/aromatic N) is 2. The van der Waals surface area contributed by atoms with E-state index in [0.717, 1.165) is 29.0 Å². The van der Waals surface area contributed by atoms with Gasteiger partial charge in [-0.2, -0.15) is 0 Å². The first-order chi connectivity index (χ1) is 10.8. The topological polar surface area (TPSA) is 46.4 Å². The van der Waals surface area contributed by atoms with Crippen LogP contribution in [0.3, 0.4) is 0 Å². The quantitative estimate of drug-likeness (QED) is 0.700. The summed E-state index contributed by atoms with van der Waals surface area (Å²) >= 11 is 0. The van der Waals surface area contributed by atoms with E-state index in [2.05, 4.69) is 10.3 Å². The molecule has 4 heteroatoms. The molecule has 112 valence electrons. The number of hydrogen-bond acceptors (Lipinski definition) is 3. The fourth-order valence-electron chi connectivity index (χ4n) is 2.41. The molecule has 0 aliphatic carbocycles. The summed E-state index contributed by atoms with van der Waals surface area (Å²) in [5, 5.41) is 3.33. The van der Waals surface area contributed by atoms with E-state index in [1.165, 1.54) is 0 Å². The van der Waals surface area contributed by atoms with Gasteiger partial charge < -0.3 is 9.72 Å². The van der Waals surface area contributed by atoms with Crippen LogP contribution in [0.25, 0.3) is 5.65 Å². The first-order valence-corrected chi connectivity index (χ1v) is 7.56. The van der Waals surface area contributed by atoms with Gasteiger partial charge in [-0.1, -0.05) is 13.0 Å². The first-order valence-electron chi connectivity index (χ1n) is 7.56.